The van der Waals surface area contributed by atoms with E-state index in [4.69, 9.17) is 5.73 Å². The van der Waals surface area contributed by atoms with Crippen LogP contribution in [-0.4, -0.2) is 45.0 Å². The predicted octanol–water partition coefficient (Wildman–Crippen LogP) is -1.70. The number of hydrogen-bond acceptors (Lipinski definition) is 7. The molecule has 8 heteroatoms. The number of rotatable bonds is 2. The Balaban J connectivity index is 2.27. The van der Waals surface area contributed by atoms with Crippen molar-refractivity contribution >= 4 is 17.5 Å². The van der Waals surface area contributed by atoms with E-state index in [1.54, 1.807) is 0 Å². The summed E-state index contributed by atoms with van der Waals surface area (Å²) >= 11 is 0. The highest BCUT2D eigenvalue weighted by Gasteiger charge is 2.29. The molecule has 0 amide bonds. The third kappa shape index (κ3) is 2.17. The number of aromatic amines is 1. The van der Waals surface area contributed by atoms with Crippen molar-refractivity contribution in [1.82, 2.24) is 9.97 Å². The summed E-state index contributed by atoms with van der Waals surface area (Å²) in [5, 5.41) is 24.7. The first kappa shape index (κ1) is 11.7. The SMILES string of the molecule is CC(O)[C@H](O)C1CNc2nc(N)[nH]c(=O)c2N1. The normalized spacial score (nSPS) is 21.9. The van der Waals surface area contributed by atoms with Crippen LogP contribution in [0.4, 0.5) is 17.5 Å². The molecule has 0 saturated heterocycles. The summed E-state index contributed by atoms with van der Waals surface area (Å²) in [5.41, 5.74) is 5.20. The van der Waals surface area contributed by atoms with Gasteiger partial charge in [-0.1, -0.05) is 0 Å². The number of nitrogens with two attached hydrogens (primary N) is 1. The van der Waals surface area contributed by atoms with Gasteiger partial charge < -0.3 is 26.6 Å². The van der Waals surface area contributed by atoms with Crippen molar-refractivity contribution in [2.75, 3.05) is 22.9 Å². The Morgan fingerprint density at radius 1 is 1.53 bits per heavy atom. The fourth-order valence-corrected chi connectivity index (χ4v) is 1.74. The van der Waals surface area contributed by atoms with Gasteiger partial charge in [-0.15, -0.1) is 0 Å². The monoisotopic (exact) mass is 241 g/mol. The molecule has 2 unspecified atom stereocenters. The molecule has 7 N–H and O–H groups in total. The molecule has 0 fully saturated rings. The molecule has 2 rings (SSSR count). The maximum absolute atomic E-state index is 11.6. The number of nitrogens with one attached hydrogen (secondary N) is 3. The van der Waals surface area contributed by atoms with Crippen molar-refractivity contribution < 1.29 is 10.2 Å². The number of aromatic nitrogens is 2. The summed E-state index contributed by atoms with van der Waals surface area (Å²) in [5.74, 6) is 0.373. The van der Waals surface area contributed by atoms with E-state index in [1.165, 1.54) is 6.92 Å². The van der Waals surface area contributed by atoms with Crippen LogP contribution in [0.3, 0.4) is 0 Å². The lowest BCUT2D eigenvalue weighted by Crippen LogP contribution is -2.48. The van der Waals surface area contributed by atoms with E-state index in [0.29, 0.717) is 12.4 Å². The molecule has 3 atom stereocenters. The molecule has 1 aliphatic heterocycles. The average molecular weight is 241 g/mol. The zero-order valence-electron chi connectivity index (χ0n) is 9.27. The van der Waals surface area contributed by atoms with Gasteiger partial charge in [0.05, 0.1) is 12.1 Å². The van der Waals surface area contributed by atoms with E-state index in [0.717, 1.165) is 0 Å². The van der Waals surface area contributed by atoms with E-state index in [9.17, 15) is 15.0 Å². The number of fused-ring (bicyclic) bond motifs is 1. The van der Waals surface area contributed by atoms with Crippen molar-refractivity contribution in [3.05, 3.63) is 10.4 Å². The number of hydrogen-bond donors (Lipinski definition) is 6. The first-order valence-corrected chi connectivity index (χ1v) is 5.25. The maximum atomic E-state index is 11.6. The molecule has 0 spiro atoms. The highest BCUT2D eigenvalue weighted by atomic mass is 16.3. The zero-order valence-corrected chi connectivity index (χ0v) is 9.27. The molecule has 1 aromatic rings. The van der Waals surface area contributed by atoms with Crippen LogP contribution in [0.15, 0.2) is 4.79 Å². The third-order valence-electron chi connectivity index (χ3n) is 2.66. The van der Waals surface area contributed by atoms with E-state index < -0.39 is 23.8 Å². The summed E-state index contributed by atoms with van der Waals surface area (Å²) in [6.45, 7) is 1.82. The van der Waals surface area contributed by atoms with Gasteiger partial charge in [0, 0.05) is 6.54 Å². The molecular weight excluding hydrogens is 226 g/mol. The van der Waals surface area contributed by atoms with Crippen LogP contribution in [0.2, 0.25) is 0 Å². The maximum Gasteiger partial charge on any atom is 0.277 e. The molecule has 2 heterocycles. The van der Waals surface area contributed by atoms with Crippen LogP contribution >= 0.6 is 0 Å². The molecule has 1 aromatic heterocycles. The molecule has 0 saturated carbocycles. The summed E-state index contributed by atoms with van der Waals surface area (Å²) in [7, 11) is 0. The van der Waals surface area contributed by atoms with Gasteiger partial charge in [0.1, 0.15) is 11.8 Å². The Bertz CT molecular complexity index is 472. The van der Waals surface area contributed by atoms with E-state index in [-0.39, 0.29) is 11.6 Å². The molecule has 17 heavy (non-hydrogen) atoms. The zero-order chi connectivity index (χ0) is 12.6. The lowest BCUT2D eigenvalue weighted by molar-refractivity contribution is 0.0214. The highest BCUT2D eigenvalue weighted by molar-refractivity contribution is 5.67. The molecule has 8 nitrogen and oxygen atoms in total. The Kier molecular flexibility index (Phi) is 2.90. The third-order valence-corrected chi connectivity index (χ3v) is 2.66. The number of H-pyrrole nitrogens is 1. The Morgan fingerprint density at radius 3 is 2.88 bits per heavy atom. The lowest BCUT2D eigenvalue weighted by Gasteiger charge is -2.31. The Hall–Kier alpha value is -1.80. The van der Waals surface area contributed by atoms with Crippen LogP contribution in [-0.2, 0) is 0 Å². The summed E-state index contributed by atoms with van der Waals surface area (Å²) in [6.07, 6.45) is -1.87. The summed E-state index contributed by atoms with van der Waals surface area (Å²) in [4.78, 5) is 17.9. The number of aliphatic hydroxyl groups is 2. The van der Waals surface area contributed by atoms with E-state index in [1.807, 2.05) is 0 Å². The van der Waals surface area contributed by atoms with Gasteiger partial charge in [0.25, 0.3) is 5.56 Å². The number of nitrogen functional groups attached to an aromatic ring is 1. The Labute approximate surface area is 96.9 Å². The number of nitrogens with zero attached hydrogens (tertiary/aromatic N) is 1. The van der Waals surface area contributed by atoms with Crippen LogP contribution in [0, 0.1) is 0 Å². The van der Waals surface area contributed by atoms with E-state index >= 15 is 0 Å². The predicted molar refractivity (Wildman–Crippen MR) is 62.9 cm³/mol. The smallest absolute Gasteiger partial charge is 0.277 e. The van der Waals surface area contributed by atoms with Gasteiger partial charge in [0.2, 0.25) is 5.95 Å². The van der Waals surface area contributed by atoms with Crippen molar-refractivity contribution in [3.63, 3.8) is 0 Å². The topological polar surface area (TPSA) is 136 Å². The molecule has 1 aliphatic rings. The molecule has 0 aliphatic carbocycles. The second-order valence-corrected chi connectivity index (χ2v) is 4.04. The van der Waals surface area contributed by atoms with Gasteiger partial charge in [-0.3, -0.25) is 9.78 Å². The summed E-state index contributed by atoms with van der Waals surface area (Å²) in [6, 6.07) is -0.464. The second kappa shape index (κ2) is 4.22. The summed E-state index contributed by atoms with van der Waals surface area (Å²) < 4.78 is 0. The van der Waals surface area contributed by atoms with Crippen molar-refractivity contribution in [1.29, 1.82) is 0 Å². The van der Waals surface area contributed by atoms with Crippen molar-refractivity contribution in [3.8, 4) is 0 Å². The largest absolute Gasteiger partial charge is 0.391 e. The molecule has 0 bridgehead atoms. The first-order chi connectivity index (χ1) is 7.99. The Morgan fingerprint density at radius 2 is 2.24 bits per heavy atom. The number of anilines is 3. The van der Waals surface area contributed by atoms with Gasteiger partial charge in [-0.05, 0) is 6.92 Å². The van der Waals surface area contributed by atoms with Crippen molar-refractivity contribution in [2.45, 2.75) is 25.2 Å². The quantitative estimate of drug-likeness (QED) is 0.363. The standard InChI is InChI=1S/C9H15N5O3/c1-3(15)6(16)4-2-11-7-5(12-4)8(17)14-9(10)13-7/h3-4,6,12,15-16H,2H2,1H3,(H4,10,11,13,14,17)/t3?,4?,6-/m0/s1. The molecule has 0 radical (unpaired) electrons. The molecular formula is C9H15N5O3. The van der Waals surface area contributed by atoms with Crippen LogP contribution < -0.4 is 21.9 Å². The lowest BCUT2D eigenvalue weighted by atomic mass is 10.0. The van der Waals surface area contributed by atoms with Gasteiger partial charge in [0.15, 0.2) is 5.82 Å². The minimum absolute atomic E-state index is 0.0255. The van der Waals surface area contributed by atoms with E-state index in [2.05, 4.69) is 20.6 Å². The van der Waals surface area contributed by atoms with Crippen LogP contribution in [0.1, 0.15) is 6.92 Å². The fourth-order valence-electron chi connectivity index (χ4n) is 1.74. The van der Waals surface area contributed by atoms with Crippen molar-refractivity contribution in [2.24, 2.45) is 0 Å². The molecule has 0 aromatic carbocycles. The fraction of sp³-hybridized carbons (Fsp3) is 0.556. The average Bonchev–Trinajstić information content (AvgIpc) is 2.27. The minimum atomic E-state index is -0.979. The van der Waals surface area contributed by atoms with Crippen LogP contribution in [0.25, 0.3) is 0 Å². The van der Waals surface area contributed by atoms with Gasteiger partial charge in [-0.2, -0.15) is 4.98 Å². The minimum Gasteiger partial charge on any atom is -0.391 e. The molecule has 94 valence electrons. The first-order valence-electron chi connectivity index (χ1n) is 5.25. The number of aliphatic hydroxyl groups excluding tert-OH is 2. The highest BCUT2D eigenvalue weighted by Crippen LogP contribution is 2.21. The van der Waals surface area contributed by atoms with Crippen LogP contribution in [0.5, 0.6) is 0 Å². The van der Waals surface area contributed by atoms with Gasteiger partial charge >= 0.3 is 0 Å². The second-order valence-electron chi connectivity index (χ2n) is 4.04. The van der Waals surface area contributed by atoms with Gasteiger partial charge in [-0.25, -0.2) is 0 Å².